The molecule has 1 rings (SSSR count). The Labute approximate surface area is 121 Å². The third-order valence-electron chi connectivity index (χ3n) is 3.51. The molecule has 0 saturated heterocycles. The van der Waals surface area contributed by atoms with Gasteiger partial charge < -0.3 is 10.2 Å². The second-order valence-corrected chi connectivity index (χ2v) is 6.87. The van der Waals surface area contributed by atoms with Gasteiger partial charge in [-0.15, -0.1) is 0 Å². The molecule has 2 N–H and O–H groups in total. The number of aromatic hydroxyl groups is 1. The highest BCUT2D eigenvalue weighted by Gasteiger charge is 2.21. The molecule has 0 aliphatic carbocycles. The van der Waals surface area contributed by atoms with Crippen LogP contribution in [0.3, 0.4) is 0 Å². The number of carboxylic acid groups (broad SMARTS) is 1. The maximum Gasteiger partial charge on any atom is 0.339 e. The Balaban J connectivity index is 3.14. The van der Waals surface area contributed by atoms with Gasteiger partial charge in [0.15, 0.2) is 0 Å². The fraction of sp³-hybridized carbons (Fsp3) is 0.588. The first kappa shape index (κ1) is 16.5. The molecule has 0 aliphatic heterocycles. The lowest BCUT2D eigenvalue weighted by atomic mass is 9.84. The van der Waals surface area contributed by atoms with Crippen LogP contribution in [0, 0.1) is 5.92 Å². The molecule has 112 valence electrons. The van der Waals surface area contributed by atoms with Crippen molar-refractivity contribution in [1.82, 2.24) is 0 Å². The van der Waals surface area contributed by atoms with Gasteiger partial charge in [0.1, 0.15) is 11.3 Å². The zero-order chi connectivity index (χ0) is 15.5. The molecule has 1 aromatic carbocycles. The molecule has 0 spiro atoms. The first-order valence-corrected chi connectivity index (χ1v) is 7.22. The van der Waals surface area contributed by atoms with E-state index < -0.39 is 5.97 Å². The normalized spacial score (nSPS) is 11.9. The molecule has 0 unspecified atom stereocenters. The van der Waals surface area contributed by atoms with Crippen molar-refractivity contribution in [3.05, 3.63) is 28.8 Å². The van der Waals surface area contributed by atoms with E-state index >= 15 is 0 Å². The zero-order valence-corrected chi connectivity index (χ0v) is 13.2. The predicted molar refractivity (Wildman–Crippen MR) is 81.5 cm³/mol. The Morgan fingerprint density at radius 1 is 1.25 bits per heavy atom. The van der Waals surface area contributed by atoms with Gasteiger partial charge >= 0.3 is 5.97 Å². The van der Waals surface area contributed by atoms with Crippen LogP contribution in [0.15, 0.2) is 12.1 Å². The van der Waals surface area contributed by atoms with E-state index in [-0.39, 0.29) is 16.7 Å². The zero-order valence-electron chi connectivity index (χ0n) is 13.2. The summed E-state index contributed by atoms with van der Waals surface area (Å²) in [6.07, 6.45) is 2.74. The van der Waals surface area contributed by atoms with E-state index in [9.17, 15) is 15.0 Å². The highest BCUT2D eigenvalue weighted by molar-refractivity contribution is 5.91. The Morgan fingerprint density at radius 3 is 2.30 bits per heavy atom. The van der Waals surface area contributed by atoms with Crippen molar-refractivity contribution in [3.8, 4) is 5.75 Å². The molecule has 0 bridgehead atoms. The third-order valence-corrected chi connectivity index (χ3v) is 3.51. The highest BCUT2D eigenvalue weighted by Crippen LogP contribution is 2.32. The lowest BCUT2D eigenvalue weighted by molar-refractivity contribution is 0.0693. The first-order valence-electron chi connectivity index (χ1n) is 7.22. The molecule has 0 heterocycles. The molecule has 0 fully saturated rings. The van der Waals surface area contributed by atoms with Crippen LogP contribution in [0.4, 0.5) is 0 Å². The second-order valence-electron chi connectivity index (χ2n) is 6.87. The maximum absolute atomic E-state index is 11.3. The number of hydrogen-bond donors (Lipinski definition) is 2. The lowest BCUT2D eigenvalue weighted by Gasteiger charge is -2.21. The van der Waals surface area contributed by atoms with Gasteiger partial charge in [-0.2, -0.15) is 0 Å². The Bertz CT molecular complexity index is 482. The molecular weight excluding hydrogens is 252 g/mol. The van der Waals surface area contributed by atoms with Gasteiger partial charge in [0.05, 0.1) is 0 Å². The van der Waals surface area contributed by atoms with Crippen LogP contribution in [0.25, 0.3) is 0 Å². The number of carboxylic acids is 1. The number of benzene rings is 1. The van der Waals surface area contributed by atoms with E-state index in [0.29, 0.717) is 12.3 Å². The Hall–Kier alpha value is -1.51. The van der Waals surface area contributed by atoms with Crippen molar-refractivity contribution >= 4 is 5.97 Å². The largest absolute Gasteiger partial charge is 0.507 e. The average molecular weight is 278 g/mol. The van der Waals surface area contributed by atoms with Gasteiger partial charge in [0, 0.05) is 0 Å². The summed E-state index contributed by atoms with van der Waals surface area (Å²) in [5.41, 5.74) is 1.57. The van der Waals surface area contributed by atoms with Gasteiger partial charge in [-0.1, -0.05) is 47.1 Å². The molecule has 0 radical (unpaired) electrons. The topological polar surface area (TPSA) is 57.5 Å². The van der Waals surface area contributed by atoms with Crippen molar-refractivity contribution in [2.45, 2.75) is 59.3 Å². The number of rotatable bonds is 5. The summed E-state index contributed by atoms with van der Waals surface area (Å²) in [4.78, 5) is 11.3. The van der Waals surface area contributed by atoms with Crippen LogP contribution >= 0.6 is 0 Å². The van der Waals surface area contributed by atoms with E-state index in [1.807, 2.05) is 26.8 Å². The molecule has 0 aliphatic rings. The Morgan fingerprint density at radius 2 is 1.85 bits per heavy atom. The maximum atomic E-state index is 11.3. The SMILES string of the molecule is CC(C)CCCc1cc(C(C)(C)C)cc(C(=O)O)c1O. The standard InChI is InChI=1S/C17H26O3/c1-11(2)7-6-8-12-9-13(17(3,4)5)10-14(15(12)18)16(19)20/h9-11,18H,6-8H2,1-5H3,(H,19,20). The number of phenols is 1. The van der Waals surface area contributed by atoms with E-state index in [4.69, 9.17) is 0 Å². The summed E-state index contributed by atoms with van der Waals surface area (Å²) in [5, 5.41) is 19.4. The molecule has 0 aromatic heterocycles. The second kappa shape index (κ2) is 6.29. The summed E-state index contributed by atoms with van der Waals surface area (Å²) >= 11 is 0. The van der Waals surface area contributed by atoms with Crippen molar-refractivity contribution in [3.63, 3.8) is 0 Å². The van der Waals surface area contributed by atoms with E-state index in [1.54, 1.807) is 6.07 Å². The monoisotopic (exact) mass is 278 g/mol. The van der Waals surface area contributed by atoms with Crippen molar-refractivity contribution in [2.24, 2.45) is 5.92 Å². The number of aryl methyl sites for hydroxylation is 1. The summed E-state index contributed by atoms with van der Waals surface area (Å²) in [6.45, 7) is 10.5. The molecule has 1 aromatic rings. The summed E-state index contributed by atoms with van der Waals surface area (Å²) < 4.78 is 0. The van der Waals surface area contributed by atoms with Crippen LogP contribution in [-0.4, -0.2) is 16.2 Å². The molecule has 3 nitrogen and oxygen atoms in total. The van der Waals surface area contributed by atoms with Crippen LogP contribution in [0.1, 0.15) is 68.9 Å². The number of hydrogen-bond acceptors (Lipinski definition) is 2. The molecule has 20 heavy (non-hydrogen) atoms. The van der Waals surface area contributed by atoms with Crippen LogP contribution in [0.2, 0.25) is 0 Å². The van der Waals surface area contributed by atoms with Gasteiger partial charge in [-0.25, -0.2) is 4.79 Å². The predicted octanol–water partition coefficient (Wildman–Crippen LogP) is 4.37. The highest BCUT2D eigenvalue weighted by atomic mass is 16.4. The summed E-state index contributed by atoms with van der Waals surface area (Å²) in [6, 6.07) is 3.53. The molecule has 0 amide bonds. The van der Waals surface area contributed by atoms with Crippen molar-refractivity contribution < 1.29 is 15.0 Å². The van der Waals surface area contributed by atoms with E-state index in [0.717, 1.165) is 24.0 Å². The lowest BCUT2D eigenvalue weighted by Crippen LogP contribution is -2.13. The Kier molecular flexibility index (Phi) is 5.21. The number of carbonyl (C=O) groups is 1. The molecule has 0 saturated carbocycles. The first-order chi connectivity index (χ1) is 9.12. The van der Waals surface area contributed by atoms with Crippen molar-refractivity contribution in [1.29, 1.82) is 0 Å². The quantitative estimate of drug-likeness (QED) is 0.841. The average Bonchev–Trinajstić information content (AvgIpc) is 2.28. The van der Waals surface area contributed by atoms with E-state index in [2.05, 4.69) is 13.8 Å². The van der Waals surface area contributed by atoms with Crippen LogP contribution < -0.4 is 0 Å². The molecule has 0 atom stereocenters. The fourth-order valence-electron chi connectivity index (χ4n) is 2.18. The smallest absolute Gasteiger partial charge is 0.339 e. The van der Waals surface area contributed by atoms with E-state index in [1.165, 1.54) is 0 Å². The van der Waals surface area contributed by atoms with Crippen molar-refractivity contribution in [2.75, 3.05) is 0 Å². The third kappa shape index (κ3) is 4.26. The number of aromatic carboxylic acids is 1. The van der Waals surface area contributed by atoms with Gasteiger partial charge in [-0.05, 0) is 41.4 Å². The van der Waals surface area contributed by atoms with Crippen LogP contribution in [-0.2, 0) is 11.8 Å². The van der Waals surface area contributed by atoms with Gasteiger partial charge in [0.2, 0.25) is 0 Å². The minimum Gasteiger partial charge on any atom is -0.507 e. The molecule has 3 heteroatoms. The fourth-order valence-corrected chi connectivity index (χ4v) is 2.18. The van der Waals surface area contributed by atoms with Gasteiger partial charge in [0.25, 0.3) is 0 Å². The van der Waals surface area contributed by atoms with Crippen LogP contribution in [0.5, 0.6) is 5.75 Å². The summed E-state index contributed by atoms with van der Waals surface area (Å²) in [5.74, 6) is -0.533. The summed E-state index contributed by atoms with van der Waals surface area (Å²) in [7, 11) is 0. The minimum absolute atomic E-state index is 0.0111. The minimum atomic E-state index is -1.07. The molecular formula is C17H26O3. The van der Waals surface area contributed by atoms with Gasteiger partial charge in [-0.3, -0.25) is 0 Å².